The van der Waals surface area contributed by atoms with Crippen molar-refractivity contribution in [2.24, 2.45) is 0 Å². The zero-order valence-electron chi connectivity index (χ0n) is 54.4. The minimum Gasteiger partial charge on any atom is -0.313 e. The molecule has 4 nitrogen and oxygen atoms in total. The van der Waals surface area contributed by atoms with Crippen LogP contribution >= 0.6 is 0 Å². The molecule has 1 atom stereocenters. The first kappa shape index (κ1) is 54.9. The average Bonchev–Trinajstić information content (AvgIpc) is 0.842. The molecule has 94 heavy (non-hydrogen) atoms. The Morgan fingerprint density at radius 2 is 0.947 bits per heavy atom. The summed E-state index contributed by atoms with van der Waals surface area (Å²) in [6, 6.07) is 89.9. The van der Waals surface area contributed by atoms with E-state index in [2.05, 4.69) is 264 Å². The molecule has 0 spiro atoms. The summed E-state index contributed by atoms with van der Waals surface area (Å²) in [4.78, 5) is 2.82. The van der Waals surface area contributed by atoms with Crippen LogP contribution in [0.5, 0.6) is 0 Å². The molecule has 13 aromatic rings. The van der Waals surface area contributed by atoms with Crippen molar-refractivity contribution in [2.45, 2.75) is 134 Å². The SMILES string of the molecule is CC(C)(C)c1ccc(N2c3cc(C4C5=C(CCCCC5)c5ccccc54)cc4c3B(c3ccc(-n5c6c(c7ccccc75)CCCC6)cc3C4(c3ccccc3)c3ccccc3)c3cc(-n4c5c(c6ccccc64)CCC5)cc(-n4c5c(c6ccccc64)CCC5)c32)cc1. The van der Waals surface area contributed by atoms with Crippen LogP contribution in [0.4, 0.5) is 17.1 Å². The number of fused-ring (bicyclic) bond motifs is 15. The third-order valence-corrected chi connectivity index (χ3v) is 23.7. The predicted molar refractivity (Wildman–Crippen MR) is 392 cm³/mol. The van der Waals surface area contributed by atoms with Gasteiger partial charge in [0.1, 0.15) is 0 Å². The molecule has 0 N–H and O–H groups in total. The average molecular weight is 1210 g/mol. The van der Waals surface area contributed by atoms with Gasteiger partial charge in [0.05, 0.1) is 33.3 Å². The number of para-hydroxylation sites is 3. The van der Waals surface area contributed by atoms with Crippen molar-refractivity contribution in [2.75, 3.05) is 4.90 Å². The van der Waals surface area contributed by atoms with Crippen molar-refractivity contribution < 1.29 is 0 Å². The second-order valence-electron chi connectivity index (χ2n) is 29.6. The van der Waals surface area contributed by atoms with Gasteiger partial charge in [0, 0.05) is 61.9 Å². The second-order valence-corrected chi connectivity index (χ2v) is 29.6. The lowest BCUT2D eigenvalue weighted by molar-refractivity contribution is 0.590. The molecule has 0 saturated carbocycles. The van der Waals surface area contributed by atoms with Crippen molar-refractivity contribution in [3.05, 3.63) is 308 Å². The van der Waals surface area contributed by atoms with Crippen molar-refractivity contribution in [1.29, 1.82) is 0 Å². The van der Waals surface area contributed by atoms with E-state index >= 15 is 0 Å². The third kappa shape index (κ3) is 7.70. The minimum absolute atomic E-state index is 0.0350. The zero-order chi connectivity index (χ0) is 62.1. The van der Waals surface area contributed by atoms with Crippen LogP contribution in [0.2, 0.25) is 0 Å². The Morgan fingerprint density at radius 3 is 1.62 bits per heavy atom. The molecule has 456 valence electrons. The molecule has 5 heteroatoms. The van der Waals surface area contributed by atoms with Crippen LogP contribution in [0.1, 0.15) is 163 Å². The quantitative estimate of drug-likeness (QED) is 0.145. The van der Waals surface area contributed by atoms with Gasteiger partial charge in [-0.3, -0.25) is 0 Å². The smallest absolute Gasteiger partial charge is 0.247 e. The van der Waals surface area contributed by atoms with E-state index in [1.165, 1.54) is 200 Å². The minimum atomic E-state index is -0.763. The second kappa shape index (κ2) is 20.7. The number of rotatable bonds is 7. The van der Waals surface area contributed by atoms with E-state index < -0.39 is 5.41 Å². The summed E-state index contributed by atoms with van der Waals surface area (Å²) >= 11 is 0. The van der Waals surface area contributed by atoms with E-state index in [0.29, 0.717) is 0 Å². The van der Waals surface area contributed by atoms with Gasteiger partial charge in [-0.05, 0) is 234 Å². The standard InChI is InChI=1S/C89H77BN4/c1-88(2,3)57-45-47-60(48-46-57)93-83-52-56(85-71-35-12-6-11-29-63(71)64-30-13-14-36-72(64)85)51-74-86(83)90(76-54-62(92-79-41-21-17-33-67(79)69-37-23-43-80(69)92)55-84(87(76)93)94-81-42-22-18-34-68(81)70-38-24-44-82(70)94)75-50-49-61(91-77-39-19-15-31-65(77)66-32-16-20-40-78(66)91)53-73(75)89(74,58-25-7-4-8-26-58)59-27-9-5-10-28-59/h4-5,7-10,13-15,17-19,21-22,25-28,30-31,33-34,36,39,41-42,45-55,85H,6,11-12,16,20,23-24,29,32,35,37-38,40,43-44H2,1-3H3. The van der Waals surface area contributed by atoms with Gasteiger partial charge in [-0.15, -0.1) is 0 Å². The summed E-state index contributed by atoms with van der Waals surface area (Å²) in [5, 5.41) is 4.19. The number of allylic oxidation sites excluding steroid dienone is 2. The lowest BCUT2D eigenvalue weighted by Gasteiger charge is -2.49. The molecule has 5 aliphatic carbocycles. The van der Waals surface area contributed by atoms with Crippen LogP contribution in [0.15, 0.2) is 230 Å². The summed E-state index contributed by atoms with van der Waals surface area (Å²) in [5.41, 5.74) is 38.0. The fourth-order valence-electron chi connectivity index (χ4n) is 19.9. The summed E-state index contributed by atoms with van der Waals surface area (Å²) in [5.74, 6) is 0.105. The number of anilines is 3. The van der Waals surface area contributed by atoms with Crippen LogP contribution in [0.3, 0.4) is 0 Å². The molecule has 0 amide bonds. The van der Waals surface area contributed by atoms with Crippen molar-refractivity contribution >= 4 is 78.4 Å². The molecule has 0 saturated heterocycles. The van der Waals surface area contributed by atoms with Gasteiger partial charge in [0.25, 0.3) is 0 Å². The fraction of sp³-hybridized carbons (Fsp3) is 0.236. The van der Waals surface area contributed by atoms with E-state index in [0.717, 1.165) is 57.8 Å². The van der Waals surface area contributed by atoms with Crippen LogP contribution < -0.4 is 21.3 Å². The van der Waals surface area contributed by atoms with Crippen LogP contribution in [0, 0.1) is 0 Å². The first-order valence-electron chi connectivity index (χ1n) is 35.5. The normalized spacial score (nSPS) is 17.4. The molecular weight excluding hydrogens is 1140 g/mol. The zero-order valence-corrected chi connectivity index (χ0v) is 54.4. The molecule has 0 bridgehead atoms. The molecule has 0 radical (unpaired) electrons. The first-order valence-corrected chi connectivity index (χ1v) is 35.5. The highest BCUT2D eigenvalue weighted by Gasteiger charge is 2.53. The largest absolute Gasteiger partial charge is 0.313 e. The highest BCUT2D eigenvalue weighted by molar-refractivity contribution is 6.99. The third-order valence-electron chi connectivity index (χ3n) is 23.7. The monoisotopic (exact) mass is 1210 g/mol. The van der Waals surface area contributed by atoms with Gasteiger partial charge in [0.15, 0.2) is 0 Å². The molecular formula is C89H77BN4. The highest BCUT2D eigenvalue weighted by Crippen LogP contribution is 2.57. The summed E-state index contributed by atoms with van der Waals surface area (Å²) in [6.07, 6.45) is 17.2. The highest BCUT2D eigenvalue weighted by atomic mass is 15.2. The van der Waals surface area contributed by atoms with Gasteiger partial charge >= 0.3 is 0 Å². The Labute approximate surface area is 552 Å². The van der Waals surface area contributed by atoms with Gasteiger partial charge < -0.3 is 18.6 Å². The van der Waals surface area contributed by atoms with E-state index in [9.17, 15) is 0 Å². The van der Waals surface area contributed by atoms with E-state index in [-0.39, 0.29) is 18.0 Å². The maximum absolute atomic E-state index is 2.82. The maximum Gasteiger partial charge on any atom is 0.247 e. The Morgan fingerprint density at radius 1 is 0.404 bits per heavy atom. The number of aromatic nitrogens is 3. The van der Waals surface area contributed by atoms with Gasteiger partial charge in [-0.25, -0.2) is 0 Å². The molecule has 3 aromatic heterocycles. The number of benzene rings is 10. The summed E-state index contributed by atoms with van der Waals surface area (Å²) in [7, 11) is 0. The van der Waals surface area contributed by atoms with Gasteiger partial charge in [0.2, 0.25) is 6.71 Å². The Hall–Kier alpha value is -9.58. The van der Waals surface area contributed by atoms with Crippen LogP contribution in [0.25, 0.3) is 55.3 Å². The molecule has 10 aromatic carbocycles. The topological polar surface area (TPSA) is 18.0 Å². The first-order chi connectivity index (χ1) is 46.3. The summed E-state index contributed by atoms with van der Waals surface area (Å²) < 4.78 is 8.19. The molecule has 1 unspecified atom stereocenters. The lowest BCUT2D eigenvalue weighted by Crippen LogP contribution is -2.65. The fourth-order valence-corrected chi connectivity index (χ4v) is 19.9. The molecule has 0 fully saturated rings. The number of hydrogen-bond acceptors (Lipinski definition) is 1. The van der Waals surface area contributed by atoms with E-state index in [1.807, 2.05) is 0 Å². The van der Waals surface area contributed by atoms with Crippen molar-refractivity contribution in [1.82, 2.24) is 13.7 Å². The Bertz CT molecular complexity index is 5310. The van der Waals surface area contributed by atoms with E-state index in [4.69, 9.17) is 0 Å². The lowest BCUT2D eigenvalue weighted by atomic mass is 9.29. The van der Waals surface area contributed by atoms with Gasteiger partial charge in [-0.2, -0.15) is 0 Å². The Balaban J connectivity index is 0.993. The van der Waals surface area contributed by atoms with Crippen molar-refractivity contribution in [3.8, 4) is 17.1 Å². The van der Waals surface area contributed by atoms with Crippen molar-refractivity contribution in [3.63, 3.8) is 0 Å². The maximum atomic E-state index is 2.82. The number of nitrogens with zero attached hydrogens (tertiary/aromatic N) is 4. The van der Waals surface area contributed by atoms with Gasteiger partial charge in [-0.1, -0.05) is 202 Å². The number of aryl methyl sites for hydroxylation is 3. The Kier molecular flexibility index (Phi) is 12.1. The molecule has 5 heterocycles. The summed E-state index contributed by atoms with van der Waals surface area (Å²) in [6.45, 7) is 6.92. The molecule has 7 aliphatic rings. The van der Waals surface area contributed by atoms with E-state index in [1.54, 1.807) is 11.1 Å². The molecule has 2 aliphatic heterocycles. The van der Waals surface area contributed by atoms with Crippen LogP contribution in [-0.2, 0) is 49.4 Å². The predicted octanol–water partition coefficient (Wildman–Crippen LogP) is 19.5. The number of hydrogen-bond donors (Lipinski definition) is 0. The van der Waals surface area contributed by atoms with Crippen LogP contribution in [-0.4, -0.2) is 20.4 Å². The molecule has 20 rings (SSSR count).